The molecular weight excluding hydrogens is 394 g/mol. The lowest BCUT2D eigenvalue weighted by atomic mass is 10.1. The fraction of sp³-hybridized carbons (Fsp3) is 0. The monoisotopic (exact) mass is 405 g/mol. The maximum atomic E-state index is 5.98. The number of aromatic nitrogens is 4. The fourth-order valence-corrected chi connectivity index (χ4v) is 2.78. The van der Waals surface area contributed by atoms with Crippen LogP contribution in [-0.4, -0.2) is 19.9 Å². The Hall–Kier alpha value is -3.26. The lowest BCUT2D eigenvalue weighted by molar-refractivity contribution is 1.13. The normalized spacial score (nSPS) is 11.3. The number of nitrogens with two attached hydrogens (primary N) is 1. The highest BCUT2D eigenvalue weighted by atomic mass is 79.9. The summed E-state index contributed by atoms with van der Waals surface area (Å²) in [5, 5.41) is 10.3. The van der Waals surface area contributed by atoms with E-state index in [1.807, 2.05) is 24.3 Å². The third-order valence-corrected chi connectivity index (χ3v) is 4.17. The zero-order valence-corrected chi connectivity index (χ0v) is 15.0. The first-order chi connectivity index (χ1) is 12.7. The number of hydrogen-bond donors (Lipinski definition) is 1. The van der Waals surface area contributed by atoms with Crippen molar-refractivity contribution in [3.05, 3.63) is 65.7 Å². The van der Waals surface area contributed by atoms with Crippen LogP contribution in [0.1, 0.15) is 0 Å². The van der Waals surface area contributed by atoms with Gasteiger partial charge in [-0.25, -0.2) is 19.9 Å². The van der Waals surface area contributed by atoms with E-state index in [-0.39, 0.29) is 0 Å². The predicted molar refractivity (Wildman–Crippen MR) is 103 cm³/mol. The van der Waals surface area contributed by atoms with Crippen LogP contribution in [0.4, 0.5) is 17.3 Å². The molecule has 2 N–H and O–H groups in total. The van der Waals surface area contributed by atoms with E-state index in [0.717, 1.165) is 20.8 Å². The van der Waals surface area contributed by atoms with Crippen molar-refractivity contribution in [2.24, 2.45) is 10.2 Å². The Kier molecular flexibility index (Phi) is 4.32. The van der Waals surface area contributed by atoms with E-state index in [0.29, 0.717) is 23.1 Å². The molecule has 0 aliphatic rings. The molecular formula is C18H12BrN7. The van der Waals surface area contributed by atoms with Crippen LogP contribution < -0.4 is 5.73 Å². The maximum absolute atomic E-state index is 5.98. The average Bonchev–Trinajstić information content (AvgIpc) is 2.68. The summed E-state index contributed by atoms with van der Waals surface area (Å²) < 4.78 is 0.928. The van der Waals surface area contributed by atoms with Crippen molar-refractivity contribution in [3.8, 4) is 11.4 Å². The van der Waals surface area contributed by atoms with Crippen molar-refractivity contribution >= 4 is 44.0 Å². The number of fused-ring (bicyclic) bond motifs is 1. The van der Waals surface area contributed by atoms with E-state index in [9.17, 15) is 0 Å². The number of anilines is 1. The first-order valence-electron chi connectivity index (χ1n) is 7.69. The molecule has 126 valence electrons. The molecule has 26 heavy (non-hydrogen) atoms. The van der Waals surface area contributed by atoms with Gasteiger partial charge in [-0.1, -0.05) is 22.0 Å². The molecule has 7 nitrogen and oxygen atoms in total. The van der Waals surface area contributed by atoms with E-state index in [1.165, 1.54) is 0 Å². The molecule has 0 fully saturated rings. The summed E-state index contributed by atoms with van der Waals surface area (Å²) in [4.78, 5) is 16.8. The summed E-state index contributed by atoms with van der Waals surface area (Å²) in [6.07, 6.45) is 6.74. The largest absolute Gasteiger partial charge is 0.382 e. The van der Waals surface area contributed by atoms with Crippen LogP contribution in [0.5, 0.6) is 0 Å². The summed E-state index contributed by atoms with van der Waals surface area (Å²) in [6.45, 7) is 0. The van der Waals surface area contributed by atoms with Gasteiger partial charge in [0.05, 0.1) is 0 Å². The highest BCUT2D eigenvalue weighted by Gasteiger charge is 2.07. The lowest BCUT2D eigenvalue weighted by Crippen LogP contribution is -1.91. The number of rotatable bonds is 3. The first-order valence-corrected chi connectivity index (χ1v) is 8.49. The molecule has 1 aromatic carbocycles. The minimum Gasteiger partial charge on any atom is -0.382 e. The van der Waals surface area contributed by atoms with Gasteiger partial charge in [0.15, 0.2) is 17.5 Å². The Morgan fingerprint density at radius 3 is 2.50 bits per heavy atom. The van der Waals surface area contributed by atoms with E-state index in [1.54, 1.807) is 36.9 Å². The summed E-state index contributed by atoms with van der Waals surface area (Å²) in [5.74, 6) is 1.38. The molecule has 0 bridgehead atoms. The third kappa shape index (κ3) is 3.27. The average molecular weight is 406 g/mol. The van der Waals surface area contributed by atoms with Crippen molar-refractivity contribution in [1.82, 2.24) is 19.9 Å². The minimum atomic E-state index is 0.314. The Morgan fingerprint density at radius 2 is 1.73 bits per heavy atom. The molecule has 0 aliphatic carbocycles. The third-order valence-electron chi connectivity index (χ3n) is 3.68. The number of nitrogen functional groups attached to an aromatic ring is 1. The lowest BCUT2D eigenvalue weighted by Gasteiger charge is -2.04. The molecule has 3 heterocycles. The van der Waals surface area contributed by atoms with Gasteiger partial charge in [-0.05, 0) is 30.3 Å². The van der Waals surface area contributed by atoms with Gasteiger partial charge < -0.3 is 5.73 Å². The molecule has 3 aromatic heterocycles. The van der Waals surface area contributed by atoms with Crippen LogP contribution in [-0.2, 0) is 0 Å². The highest BCUT2D eigenvalue weighted by Crippen LogP contribution is 2.33. The fourth-order valence-electron chi connectivity index (χ4n) is 2.42. The number of benzene rings is 1. The van der Waals surface area contributed by atoms with Crippen LogP contribution >= 0.6 is 15.9 Å². The van der Waals surface area contributed by atoms with E-state index >= 15 is 0 Å². The molecule has 8 heteroatoms. The van der Waals surface area contributed by atoms with Crippen LogP contribution in [0, 0.1) is 0 Å². The molecule has 4 rings (SSSR count). The van der Waals surface area contributed by atoms with Gasteiger partial charge in [0.25, 0.3) is 0 Å². The second-order valence-corrected chi connectivity index (χ2v) is 6.32. The summed E-state index contributed by atoms with van der Waals surface area (Å²) in [7, 11) is 0. The molecule has 0 spiro atoms. The molecule has 0 saturated carbocycles. The number of hydrogen-bond acceptors (Lipinski definition) is 7. The summed E-state index contributed by atoms with van der Waals surface area (Å²) in [5.41, 5.74) is 7.30. The van der Waals surface area contributed by atoms with Crippen LogP contribution in [0.2, 0.25) is 0 Å². The van der Waals surface area contributed by atoms with Crippen LogP contribution in [0.3, 0.4) is 0 Å². The topological polar surface area (TPSA) is 102 Å². The molecule has 0 unspecified atom stereocenters. The molecule has 0 saturated heterocycles. The van der Waals surface area contributed by atoms with Gasteiger partial charge in [0, 0.05) is 45.6 Å². The van der Waals surface area contributed by atoms with Gasteiger partial charge in [0.1, 0.15) is 5.69 Å². The van der Waals surface area contributed by atoms with Crippen molar-refractivity contribution in [1.29, 1.82) is 0 Å². The van der Waals surface area contributed by atoms with Crippen molar-refractivity contribution in [3.63, 3.8) is 0 Å². The SMILES string of the molecule is Nc1ncc2ccc(Br)cc2c1N=Nc1ccc(-c2ncccn2)cn1. The second kappa shape index (κ2) is 6.93. The van der Waals surface area contributed by atoms with Gasteiger partial charge in [-0.15, -0.1) is 10.2 Å². The molecule has 0 amide bonds. The molecule has 4 aromatic rings. The van der Waals surface area contributed by atoms with Gasteiger partial charge in [-0.3, -0.25) is 0 Å². The van der Waals surface area contributed by atoms with Crippen molar-refractivity contribution < 1.29 is 0 Å². The van der Waals surface area contributed by atoms with E-state index in [4.69, 9.17) is 5.73 Å². The number of halogens is 1. The van der Waals surface area contributed by atoms with Crippen molar-refractivity contribution in [2.75, 3.05) is 5.73 Å². The zero-order chi connectivity index (χ0) is 17.9. The predicted octanol–water partition coefficient (Wildman–Crippen LogP) is 4.85. The highest BCUT2D eigenvalue weighted by molar-refractivity contribution is 9.10. The number of azo groups is 1. The van der Waals surface area contributed by atoms with Gasteiger partial charge in [-0.2, -0.15) is 0 Å². The number of nitrogens with zero attached hydrogens (tertiary/aromatic N) is 6. The summed E-state index contributed by atoms with van der Waals surface area (Å²) >= 11 is 3.46. The van der Waals surface area contributed by atoms with Gasteiger partial charge in [0.2, 0.25) is 0 Å². The van der Waals surface area contributed by atoms with Crippen LogP contribution in [0.15, 0.2) is 75.9 Å². The van der Waals surface area contributed by atoms with Crippen molar-refractivity contribution in [2.45, 2.75) is 0 Å². The van der Waals surface area contributed by atoms with Crippen LogP contribution in [0.25, 0.3) is 22.2 Å². The Labute approximate surface area is 157 Å². The Morgan fingerprint density at radius 1 is 0.885 bits per heavy atom. The Balaban J connectivity index is 1.67. The molecule has 0 radical (unpaired) electrons. The number of pyridine rings is 2. The summed E-state index contributed by atoms with van der Waals surface area (Å²) in [6, 6.07) is 11.2. The van der Waals surface area contributed by atoms with E-state index < -0.39 is 0 Å². The zero-order valence-electron chi connectivity index (χ0n) is 13.4. The maximum Gasteiger partial charge on any atom is 0.174 e. The molecule has 0 aliphatic heterocycles. The minimum absolute atomic E-state index is 0.314. The smallest absolute Gasteiger partial charge is 0.174 e. The van der Waals surface area contributed by atoms with Gasteiger partial charge >= 0.3 is 0 Å². The first kappa shape index (κ1) is 16.2. The molecule has 0 atom stereocenters. The standard InChI is InChI=1S/C18H12BrN7/c19-13-4-2-11-9-24-17(20)16(14(11)8-13)26-25-15-5-3-12(10-23-15)18-21-6-1-7-22-18/h1-10H,(H2,20,24). The quantitative estimate of drug-likeness (QED) is 0.490. The van der Waals surface area contributed by atoms with E-state index in [2.05, 4.69) is 46.1 Å². The second-order valence-electron chi connectivity index (χ2n) is 5.40. The Bertz CT molecular complexity index is 1090.